The van der Waals surface area contributed by atoms with Crippen LogP contribution >= 0.6 is 0 Å². The highest BCUT2D eigenvalue weighted by molar-refractivity contribution is 5.06. The Morgan fingerprint density at radius 1 is 1.47 bits per heavy atom. The van der Waals surface area contributed by atoms with Gasteiger partial charge in [-0.25, -0.2) is 0 Å². The Balaban J connectivity index is 1.79. The average molecular weight is 235 g/mol. The van der Waals surface area contributed by atoms with Crippen molar-refractivity contribution in [3.05, 3.63) is 18.0 Å². The lowest BCUT2D eigenvalue weighted by atomic mass is 10.1. The Morgan fingerprint density at radius 2 is 2.24 bits per heavy atom. The lowest BCUT2D eigenvalue weighted by Crippen LogP contribution is -2.22. The van der Waals surface area contributed by atoms with Crippen LogP contribution in [-0.4, -0.2) is 15.8 Å². The van der Waals surface area contributed by atoms with Gasteiger partial charge in [0.2, 0.25) is 0 Å². The third kappa shape index (κ3) is 3.32. The highest BCUT2D eigenvalue weighted by Crippen LogP contribution is 2.34. The molecule has 2 rings (SSSR count). The second-order valence-corrected chi connectivity index (χ2v) is 6.24. The SMILES string of the molecule is CCCC1CC1NCc1cnn(C(C)(C)C)c1. The van der Waals surface area contributed by atoms with Crippen molar-refractivity contribution in [2.45, 2.75) is 65.1 Å². The molecule has 2 unspecified atom stereocenters. The molecule has 1 aliphatic rings. The molecular formula is C14H25N3. The van der Waals surface area contributed by atoms with Gasteiger partial charge in [0.25, 0.3) is 0 Å². The summed E-state index contributed by atoms with van der Waals surface area (Å²) in [4.78, 5) is 0. The van der Waals surface area contributed by atoms with E-state index in [9.17, 15) is 0 Å². The maximum atomic E-state index is 4.42. The summed E-state index contributed by atoms with van der Waals surface area (Å²) in [5.74, 6) is 0.928. The Morgan fingerprint density at radius 3 is 2.82 bits per heavy atom. The normalized spacial score (nSPS) is 24.0. The molecule has 1 heterocycles. The molecule has 96 valence electrons. The summed E-state index contributed by atoms with van der Waals surface area (Å²) in [6.45, 7) is 9.75. The predicted octanol–water partition coefficient (Wildman–Crippen LogP) is 2.92. The van der Waals surface area contributed by atoms with Gasteiger partial charge in [-0.3, -0.25) is 4.68 Å². The molecule has 0 amide bonds. The molecule has 2 atom stereocenters. The fraction of sp³-hybridized carbons (Fsp3) is 0.786. The quantitative estimate of drug-likeness (QED) is 0.850. The van der Waals surface area contributed by atoms with E-state index in [4.69, 9.17) is 0 Å². The van der Waals surface area contributed by atoms with Crippen LogP contribution in [0.5, 0.6) is 0 Å². The molecular weight excluding hydrogens is 210 g/mol. The van der Waals surface area contributed by atoms with Gasteiger partial charge in [0.1, 0.15) is 0 Å². The lowest BCUT2D eigenvalue weighted by Gasteiger charge is -2.18. The van der Waals surface area contributed by atoms with E-state index in [-0.39, 0.29) is 5.54 Å². The van der Waals surface area contributed by atoms with Gasteiger partial charge in [0.15, 0.2) is 0 Å². The van der Waals surface area contributed by atoms with Crippen molar-refractivity contribution < 1.29 is 0 Å². The molecule has 1 saturated carbocycles. The van der Waals surface area contributed by atoms with Crippen LogP contribution in [0.2, 0.25) is 0 Å². The molecule has 1 N–H and O–H groups in total. The van der Waals surface area contributed by atoms with Gasteiger partial charge < -0.3 is 5.32 Å². The van der Waals surface area contributed by atoms with Crippen LogP contribution in [0.1, 0.15) is 52.5 Å². The molecule has 1 aromatic heterocycles. The number of nitrogens with zero attached hydrogens (tertiary/aromatic N) is 2. The molecule has 17 heavy (non-hydrogen) atoms. The third-order valence-corrected chi connectivity index (χ3v) is 3.47. The van der Waals surface area contributed by atoms with Crippen LogP contribution in [0.15, 0.2) is 12.4 Å². The summed E-state index contributed by atoms with van der Waals surface area (Å²) in [5.41, 5.74) is 1.38. The molecule has 3 heteroatoms. The molecule has 1 aromatic rings. The predicted molar refractivity (Wildman–Crippen MR) is 70.9 cm³/mol. The van der Waals surface area contributed by atoms with Crippen molar-refractivity contribution in [2.75, 3.05) is 0 Å². The zero-order chi connectivity index (χ0) is 12.5. The summed E-state index contributed by atoms with van der Waals surface area (Å²) in [7, 11) is 0. The number of nitrogens with one attached hydrogen (secondary N) is 1. The van der Waals surface area contributed by atoms with Crippen LogP contribution in [0.3, 0.4) is 0 Å². The van der Waals surface area contributed by atoms with Crippen molar-refractivity contribution in [3.63, 3.8) is 0 Å². The van der Waals surface area contributed by atoms with Gasteiger partial charge in [0.05, 0.1) is 11.7 Å². The summed E-state index contributed by atoms with van der Waals surface area (Å²) in [6.07, 6.45) is 8.19. The first-order chi connectivity index (χ1) is 8.00. The maximum absolute atomic E-state index is 4.42. The molecule has 0 bridgehead atoms. The van der Waals surface area contributed by atoms with E-state index >= 15 is 0 Å². The molecule has 0 aromatic carbocycles. The summed E-state index contributed by atoms with van der Waals surface area (Å²) >= 11 is 0. The number of rotatable bonds is 5. The fourth-order valence-electron chi connectivity index (χ4n) is 2.25. The minimum atomic E-state index is 0.0859. The minimum Gasteiger partial charge on any atom is -0.310 e. The smallest absolute Gasteiger partial charge is 0.0543 e. The standard InChI is InChI=1S/C14H25N3/c1-5-6-12-7-13(12)15-8-11-9-16-17(10-11)14(2,3)4/h9-10,12-13,15H,5-8H2,1-4H3. The second-order valence-electron chi connectivity index (χ2n) is 6.24. The summed E-state index contributed by atoms with van der Waals surface area (Å²) < 4.78 is 2.04. The van der Waals surface area contributed by atoms with E-state index in [0.717, 1.165) is 18.5 Å². The zero-order valence-corrected chi connectivity index (χ0v) is 11.5. The van der Waals surface area contributed by atoms with E-state index in [0.29, 0.717) is 0 Å². The van der Waals surface area contributed by atoms with E-state index in [1.165, 1.54) is 24.8 Å². The average Bonchev–Trinajstić information content (AvgIpc) is 2.78. The van der Waals surface area contributed by atoms with E-state index in [1.54, 1.807) is 0 Å². The Bertz CT molecular complexity index is 362. The Kier molecular flexibility index (Phi) is 3.57. The van der Waals surface area contributed by atoms with Gasteiger partial charge in [-0.1, -0.05) is 13.3 Å². The number of hydrogen-bond donors (Lipinski definition) is 1. The van der Waals surface area contributed by atoms with Gasteiger partial charge in [0, 0.05) is 24.3 Å². The van der Waals surface area contributed by atoms with Crippen molar-refractivity contribution >= 4 is 0 Å². The van der Waals surface area contributed by atoms with E-state index in [2.05, 4.69) is 44.3 Å². The first kappa shape index (κ1) is 12.6. The summed E-state index contributed by atoms with van der Waals surface area (Å²) in [5, 5.41) is 8.04. The van der Waals surface area contributed by atoms with Gasteiger partial charge in [-0.2, -0.15) is 5.10 Å². The van der Waals surface area contributed by atoms with Crippen molar-refractivity contribution in [2.24, 2.45) is 5.92 Å². The molecule has 3 nitrogen and oxygen atoms in total. The molecule has 0 radical (unpaired) electrons. The third-order valence-electron chi connectivity index (χ3n) is 3.47. The highest BCUT2D eigenvalue weighted by Gasteiger charge is 2.35. The van der Waals surface area contributed by atoms with Crippen LogP contribution in [-0.2, 0) is 12.1 Å². The monoisotopic (exact) mass is 235 g/mol. The van der Waals surface area contributed by atoms with Crippen LogP contribution in [0.4, 0.5) is 0 Å². The van der Waals surface area contributed by atoms with Crippen molar-refractivity contribution in [3.8, 4) is 0 Å². The van der Waals surface area contributed by atoms with E-state index in [1.807, 2.05) is 10.9 Å². The Labute approximate surface area is 105 Å². The molecule has 0 aliphatic heterocycles. The van der Waals surface area contributed by atoms with Crippen molar-refractivity contribution in [1.29, 1.82) is 0 Å². The van der Waals surface area contributed by atoms with Gasteiger partial charge >= 0.3 is 0 Å². The van der Waals surface area contributed by atoms with Gasteiger partial charge in [-0.05, 0) is 39.5 Å². The molecule has 0 spiro atoms. The zero-order valence-electron chi connectivity index (χ0n) is 11.5. The Hall–Kier alpha value is -0.830. The topological polar surface area (TPSA) is 29.9 Å². The lowest BCUT2D eigenvalue weighted by molar-refractivity contribution is 0.355. The number of aromatic nitrogens is 2. The van der Waals surface area contributed by atoms with Crippen LogP contribution in [0.25, 0.3) is 0 Å². The van der Waals surface area contributed by atoms with Gasteiger partial charge in [-0.15, -0.1) is 0 Å². The van der Waals surface area contributed by atoms with Crippen LogP contribution < -0.4 is 5.32 Å². The molecule has 1 aliphatic carbocycles. The van der Waals surface area contributed by atoms with Crippen molar-refractivity contribution in [1.82, 2.24) is 15.1 Å². The maximum Gasteiger partial charge on any atom is 0.0543 e. The minimum absolute atomic E-state index is 0.0859. The fourth-order valence-corrected chi connectivity index (χ4v) is 2.25. The largest absolute Gasteiger partial charge is 0.310 e. The summed E-state index contributed by atoms with van der Waals surface area (Å²) in [6, 6.07) is 0.757. The number of hydrogen-bond acceptors (Lipinski definition) is 2. The second kappa shape index (κ2) is 4.81. The highest BCUT2D eigenvalue weighted by atomic mass is 15.3. The molecule has 0 saturated heterocycles. The van der Waals surface area contributed by atoms with Crippen LogP contribution in [0, 0.1) is 5.92 Å². The first-order valence-electron chi connectivity index (χ1n) is 6.78. The van der Waals surface area contributed by atoms with E-state index < -0.39 is 0 Å². The first-order valence-corrected chi connectivity index (χ1v) is 6.78. The molecule has 1 fully saturated rings.